The first-order chi connectivity index (χ1) is 6.79. The maximum Gasteiger partial charge on any atom is 0.0143 e. The second kappa shape index (κ2) is 5.01. The largest absolute Gasteiger partial charge is 0.0891 e. The summed E-state index contributed by atoms with van der Waals surface area (Å²) in [5.74, 6) is 3.39. The van der Waals surface area contributed by atoms with E-state index in [2.05, 4.69) is 22.9 Å². The van der Waals surface area contributed by atoms with Gasteiger partial charge in [-0.3, -0.25) is 0 Å². The van der Waals surface area contributed by atoms with E-state index in [9.17, 15) is 0 Å². The molecule has 0 heterocycles. The molecule has 2 bridgehead atoms. The van der Waals surface area contributed by atoms with Crippen molar-refractivity contribution in [1.29, 1.82) is 0 Å². The molecule has 0 aromatic heterocycles. The lowest BCUT2D eigenvalue weighted by Crippen LogP contribution is -2.10. The first-order valence-corrected chi connectivity index (χ1v) is 7.35. The highest BCUT2D eigenvalue weighted by Crippen LogP contribution is 2.50. The van der Waals surface area contributed by atoms with Crippen LogP contribution in [0.15, 0.2) is 0 Å². The molecular formula is C13H23Br. The van der Waals surface area contributed by atoms with Gasteiger partial charge in [0.1, 0.15) is 0 Å². The Bertz CT molecular complexity index is 178. The van der Waals surface area contributed by atoms with Crippen molar-refractivity contribution in [3.05, 3.63) is 0 Å². The minimum absolute atomic E-state index is 0.779. The minimum Gasteiger partial charge on any atom is -0.0891 e. The normalized spacial score (nSPS) is 37.7. The Labute approximate surface area is 97.0 Å². The summed E-state index contributed by atoms with van der Waals surface area (Å²) in [6.45, 7) is 2.27. The highest BCUT2D eigenvalue weighted by atomic mass is 79.9. The fraction of sp³-hybridized carbons (Fsp3) is 1.00. The van der Waals surface area contributed by atoms with Crippen LogP contribution in [0.1, 0.15) is 58.3 Å². The molecule has 2 aliphatic carbocycles. The zero-order chi connectivity index (χ0) is 9.97. The number of alkyl halides is 1. The molecule has 2 aliphatic rings. The molecule has 82 valence electrons. The lowest BCUT2D eigenvalue weighted by molar-refractivity contribution is 0.305. The van der Waals surface area contributed by atoms with Crippen molar-refractivity contribution in [2.75, 3.05) is 0 Å². The quantitative estimate of drug-likeness (QED) is 0.624. The monoisotopic (exact) mass is 258 g/mol. The van der Waals surface area contributed by atoms with Gasteiger partial charge in [0.15, 0.2) is 0 Å². The van der Waals surface area contributed by atoms with Gasteiger partial charge in [0.05, 0.1) is 0 Å². The molecule has 0 nitrogen and oxygen atoms in total. The van der Waals surface area contributed by atoms with E-state index in [0.717, 1.165) is 22.6 Å². The van der Waals surface area contributed by atoms with Crippen LogP contribution >= 0.6 is 15.9 Å². The smallest absolute Gasteiger partial charge is 0.0143 e. The molecule has 0 saturated heterocycles. The third-order valence-corrected chi connectivity index (χ3v) is 5.53. The second-order valence-electron chi connectivity index (χ2n) is 5.37. The summed E-state index contributed by atoms with van der Waals surface area (Å²) in [4.78, 5) is 0.779. The lowest BCUT2D eigenvalue weighted by atomic mass is 9.85. The molecule has 1 heteroatoms. The van der Waals surface area contributed by atoms with Crippen molar-refractivity contribution >= 4 is 15.9 Å². The SMILES string of the molecule is CCC(Br)CCCC1CC2CCC1C2. The fourth-order valence-corrected chi connectivity index (χ4v) is 3.86. The van der Waals surface area contributed by atoms with E-state index in [1.165, 1.54) is 25.7 Å². The lowest BCUT2D eigenvalue weighted by Gasteiger charge is -2.21. The Hall–Kier alpha value is 0.480. The summed E-state index contributed by atoms with van der Waals surface area (Å²) in [6, 6.07) is 0. The van der Waals surface area contributed by atoms with Crippen LogP contribution in [0.25, 0.3) is 0 Å². The third-order valence-electron chi connectivity index (χ3n) is 4.42. The molecule has 4 unspecified atom stereocenters. The molecule has 2 fully saturated rings. The maximum atomic E-state index is 3.73. The number of fused-ring (bicyclic) bond motifs is 2. The highest BCUT2D eigenvalue weighted by Gasteiger charge is 2.38. The molecule has 14 heavy (non-hydrogen) atoms. The van der Waals surface area contributed by atoms with Crippen LogP contribution in [0.2, 0.25) is 0 Å². The molecule has 0 N–H and O–H groups in total. The van der Waals surface area contributed by atoms with Crippen molar-refractivity contribution in [1.82, 2.24) is 0 Å². The van der Waals surface area contributed by atoms with E-state index < -0.39 is 0 Å². The molecule has 2 saturated carbocycles. The van der Waals surface area contributed by atoms with Crippen molar-refractivity contribution in [3.63, 3.8) is 0 Å². The Morgan fingerprint density at radius 3 is 2.71 bits per heavy atom. The van der Waals surface area contributed by atoms with Crippen molar-refractivity contribution in [2.24, 2.45) is 17.8 Å². The van der Waals surface area contributed by atoms with Gasteiger partial charge in [-0.15, -0.1) is 0 Å². The van der Waals surface area contributed by atoms with Crippen LogP contribution in [-0.4, -0.2) is 4.83 Å². The summed E-state index contributed by atoms with van der Waals surface area (Å²) in [7, 11) is 0. The average molecular weight is 259 g/mol. The summed E-state index contributed by atoms with van der Waals surface area (Å²) < 4.78 is 0. The average Bonchev–Trinajstić information content (AvgIpc) is 2.79. The van der Waals surface area contributed by atoms with Crippen LogP contribution in [0.3, 0.4) is 0 Å². The topological polar surface area (TPSA) is 0 Å². The number of rotatable bonds is 5. The van der Waals surface area contributed by atoms with E-state index in [0.29, 0.717) is 0 Å². The van der Waals surface area contributed by atoms with E-state index in [4.69, 9.17) is 0 Å². The van der Waals surface area contributed by atoms with Gasteiger partial charge in [0.2, 0.25) is 0 Å². The van der Waals surface area contributed by atoms with Crippen molar-refractivity contribution in [2.45, 2.75) is 63.1 Å². The van der Waals surface area contributed by atoms with Gasteiger partial charge >= 0.3 is 0 Å². The van der Waals surface area contributed by atoms with Crippen LogP contribution in [0.5, 0.6) is 0 Å². The Balaban J connectivity index is 1.62. The van der Waals surface area contributed by atoms with E-state index >= 15 is 0 Å². The molecule has 0 radical (unpaired) electrons. The number of halogens is 1. The van der Waals surface area contributed by atoms with Gasteiger partial charge in [-0.2, -0.15) is 0 Å². The maximum absolute atomic E-state index is 3.73. The van der Waals surface area contributed by atoms with Gasteiger partial charge in [-0.1, -0.05) is 42.1 Å². The summed E-state index contributed by atoms with van der Waals surface area (Å²) in [6.07, 6.45) is 11.9. The predicted octanol–water partition coefficient (Wildman–Crippen LogP) is 4.77. The third kappa shape index (κ3) is 2.53. The first kappa shape index (κ1) is 11.0. The van der Waals surface area contributed by atoms with E-state index in [1.54, 1.807) is 25.7 Å². The van der Waals surface area contributed by atoms with Crippen LogP contribution in [0, 0.1) is 17.8 Å². The fourth-order valence-electron chi connectivity index (χ4n) is 3.54. The number of hydrogen-bond acceptors (Lipinski definition) is 0. The van der Waals surface area contributed by atoms with E-state index in [-0.39, 0.29) is 0 Å². The number of hydrogen-bond donors (Lipinski definition) is 0. The standard InChI is InChI=1S/C13H23Br/c1-2-13(14)5-3-4-11-8-10-6-7-12(11)9-10/h10-13H,2-9H2,1H3. The van der Waals surface area contributed by atoms with Gasteiger partial charge in [-0.25, -0.2) is 0 Å². The van der Waals surface area contributed by atoms with E-state index in [1.807, 2.05) is 0 Å². The summed E-state index contributed by atoms with van der Waals surface area (Å²) in [5.41, 5.74) is 0. The Morgan fingerprint density at radius 1 is 1.29 bits per heavy atom. The predicted molar refractivity (Wildman–Crippen MR) is 65.8 cm³/mol. The molecular weight excluding hydrogens is 236 g/mol. The Morgan fingerprint density at radius 2 is 2.14 bits per heavy atom. The van der Waals surface area contributed by atoms with Gasteiger partial charge < -0.3 is 0 Å². The zero-order valence-electron chi connectivity index (χ0n) is 9.34. The molecule has 0 aromatic carbocycles. The minimum atomic E-state index is 0.779. The first-order valence-electron chi connectivity index (χ1n) is 6.43. The summed E-state index contributed by atoms with van der Waals surface area (Å²) in [5, 5.41) is 0. The van der Waals surface area contributed by atoms with Crippen LogP contribution in [-0.2, 0) is 0 Å². The molecule has 2 rings (SSSR count). The molecule has 0 aromatic rings. The second-order valence-corrected chi connectivity index (χ2v) is 6.67. The van der Waals surface area contributed by atoms with Crippen molar-refractivity contribution in [3.8, 4) is 0 Å². The van der Waals surface area contributed by atoms with Crippen molar-refractivity contribution < 1.29 is 0 Å². The van der Waals surface area contributed by atoms with Crippen LogP contribution in [0.4, 0.5) is 0 Å². The summed E-state index contributed by atoms with van der Waals surface area (Å²) >= 11 is 3.73. The van der Waals surface area contributed by atoms with Crippen LogP contribution < -0.4 is 0 Å². The Kier molecular flexibility index (Phi) is 3.93. The molecule has 4 atom stereocenters. The van der Waals surface area contributed by atoms with Gasteiger partial charge in [0.25, 0.3) is 0 Å². The highest BCUT2D eigenvalue weighted by molar-refractivity contribution is 9.09. The molecule has 0 amide bonds. The van der Waals surface area contributed by atoms with Gasteiger partial charge in [-0.05, 0) is 49.9 Å². The molecule has 0 spiro atoms. The van der Waals surface area contributed by atoms with Gasteiger partial charge in [0, 0.05) is 4.83 Å². The zero-order valence-corrected chi connectivity index (χ0v) is 10.9. The molecule has 0 aliphatic heterocycles.